The van der Waals surface area contributed by atoms with Gasteiger partial charge in [0.2, 0.25) is 5.88 Å². The van der Waals surface area contributed by atoms with E-state index in [1.807, 2.05) is 24.3 Å². The molecule has 2 aromatic rings. The van der Waals surface area contributed by atoms with E-state index in [2.05, 4.69) is 20.3 Å². The molecule has 3 rings (SSSR count). The van der Waals surface area contributed by atoms with Crippen LogP contribution in [0.3, 0.4) is 0 Å². The predicted molar refractivity (Wildman–Crippen MR) is 64.7 cm³/mol. The van der Waals surface area contributed by atoms with Gasteiger partial charge in [0.1, 0.15) is 12.1 Å². The molecule has 0 saturated carbocycles. The topological polar surface area (TPSA) is 59.4 Å². The molecule has 0 spiro atoms. The maximum absolute atomic E-state index is 5.70. The van der Waals surface area contributed by atoms with Crippen LogP contribution in [0.5, 0.6) is 5.88 Å². The molecule has 1 N–H and O–H groups in total. The highest BCUT2D eigenvalue weighted by molar-refractivity contribution is 5.83. The summed E-state index contributed by atoms with van der Waals surface area (Å²) in [5, 5.41) is 3.87. The molecule has 1 aromatic heterocycles. The van der Waals surface area contributed by atoms with Crippen molar-refractivity contribution in [2.45, 2.75) is 0 Å². The van der Waals surface area contributed by atoms with Gasteiger partial charge in [0.15, 0.2) is 0 Å². The van der Waals surface area contributed by atoms with Crippen molar-refractivity contribution in [1.29, 1.82) is 0 Å². The first-order valence-corrected chi connectivity index (χ1v) is 5.25. The van der Waals surface area contributed by atoms with Gasteiger partial charge in [-0.2, -0.15) is 0 Å². The normalized spacial score (nSPS) is 14.2. The third-order valence-electron chi connectivity index (χ3n) is 2.39. The van der Waals surface area contributed by atoms with Gasteiger partial charge in [0, 0.05) is 0 Å². The lowest BCUT2D eigenvalue weighted by Crippen LogP contribution is -2.20. The summed E-state index contributed by atoms with van der Waals surface area (Å²) in [5.41, 5.74) is 0.866. The number of aliphatic imine (C=N–C) groups is 1. The number of hydrogen-bond donors (Lipinski definition) is 1. The van der Waals surface area contributed by atoms with Gasteiger partial charge in [-0.3, -0.25) is 0 Å². The monoisotopic (exact) mass is 226 g/mol. The van der Waals surface area contributed by atoms with Crippen LogP contribution in [-0.2, 0) is 0 Å². The van der Waals surface area contributed by atoms with E-state index in [9.17, 15) is 0 Å². The molecule has 2 heterocycles. The Hall–Kier alpha value is -2.43. The van der Waals surface area contributed by atoms with E-state index in [-0.39, 0.29) is 0 Å². The number of nitrogens with zero attached hydrogens (tertiary/aromatic N) is 3. The Bertz CT molecular complexity index is 601. The van der Waals surface area contributed by atoms with Crippen LogP contribution < -0.4 is 10.1 Å². The molecule has 84 valence electrons. The molecule has 0 unspecified atom stereocenters. The summed E-state index contributed by atoms with van der Waals surface area (Å²) in [5.74, 6) is 1.29. The number of ether oxygens (including phenoxy) is 1. The van der Waals surface area contributed by atoms with E-state index in [1.54, 1.807) is 12.5 Å². The fourth-order valence-corrected chi connectivity index (χ4v) is 1.61. The molecule has 0 fully saturated rings. The first kappa shape index (κ1) is 9.77. The van der Waals surface area contributed by atoms with Crippen molar-refractivity contribution >= 4 is 17.2 Å². The Morgan fingerprint density at radius 2 is 2.12 bits per heavy atom. The zero-order valence-electron chi connectivity index (χ0n) is 9.00. The van der Waals surface area contributed by atoms with Gasteiger partial charge in [-0.15, -0.1) is 0 Å². The highest BCUT2D eigenvalue weighted by atomic mass is 16.5. The van der Waals surface area contributed by atoms with Crippen molar-refractivity contribution in [2.75, 3.05) is 6.54 Å². The zero-order chi connectivity index (χ0) is 11.5. The first-order chi connectivity index (χ1) is 8.43. The molecule has 0 amide bonds. The van der Waals surface area contributed by atoms with Crippen molar-refractivity contribution in [2.24, 2.45) is 4.99 Å². The number of aromatic nitrogens is 2. The molecule has 0 aliphatic carbocycles. The lowest BCUT2D eigenvalue weighted by molar-refractivity contribution is 0.398. The molecule has 5 nitrogen and oxygen atoms in total. The Morgan fingerprint density at radius 1 is 1.18 bits per heavy atom. The smallest absolute Gasteiger partial charge is 0.229 e. The number of fused-ring (bicyclic) bond motifs is 1. The molecule has 1 aliphatic rings. The van der Waals surface area contributed by atoms with Crippen molar-refractivity contribution in [3.8, 4) is 5.88 Å². The van der Waals surface area contributed by atoms with Crippen molar-refractivity contribution < 1.29 is 4.74 Å². The van der Waals surface area contributed by atoms with Gasteiger partial charge < -0.3 is 10.1 Å². The van der Waals surface area contributed by atoms with E-state index in [0.29, 0.717) is 12.4 Å². The fraction of sp³-hybridized carbons (Fsp3) is 0.0833. The van der Waals surface area contributed by atoms with Crippen molar-refractivity contribution in [3.05, 3.63) is 42.6 Å². The van der Waals surface area contributed by atoms with E-state index < -0.39 is 0 Å². The van der Waals surface area contributed by atoms with Crippen LogP contribution in [-0.4, -0.2) is 22.9 Å². The summed E-state index contributed by atoms with van der Waals surface area (Å²) in [7, 11) is 0. The zero-order valence-corrected chi connectivity index (χ0v) is 9.00. The predicted octanol–water partition coefficient (Wildman–Crippen LogP) is 1.48. The average Bonchev–Trinajstić information content (AvgIpc) is 2.40. The summed E-state index contributed by atoms with van der Waals surface area (Å²) < 4.78 is 5.70. The largest absolute Gasteiger partial charge is 0.439 e. The number of hydrogen-bond acceptors (Lipinski definition) is 5. The van der Waals surface area contributed by atoms with Crippen molar-refractivity contribution in [1.82, 2.24) is 15.3 Å². The third kappa shape index (κ3) is 1.94. The van der Waals surface area contributed by atoms with Crippen LogP contribution in [0.2, 0.25) is 0 Å². The minimum absolute atomic E-state index is 0.556. The lowest BCUT2D eigenvalue weighted by Gasteiger charge is -2.12. The summed E-state index contributed by atoms with van der Waals surface area (Å²) >= 11 is 0. The van der Waals surface area contributed by atoms with Gasteiger partial charge >= 0.3 is 0 Å². The Balaban J connectivity index is 2.00. The quantitative estimate of drug-likeness (QED) is 0.842. The Kier molecular flexibility index (Phi) is 2.42. The van der Waals surface area contributed by atoms with Gasteiger partial charge in [-0.25, -0.2) is 15.0 Å². The lowest BCUT2D eigenvalue weighted by atomic mass is 10.2. The van der Waals surface area contributed by atoms with E-state index in [1.165, 1.54) is 6.33 Å². The molecule has 0 radical (unpaired) electrons. The molecular formula is C12H10N4O. The molecular weight excluding hydrogens is 216 g/mol. The molecule has 0 saturated heterocycles. The second kappa shape index (κ2) is 4.21. The molecule has 1 aliphatic heterocycles. The number of rotatable bonds is 2. The number of para-hydroxylation sites is 1. The SMILES string of the molecule is C1=NC=C(Oc2ncnc3ccccc23)CN1. The molecule has 1 aromatic carbocycles. The minimum Gasteiger partial charge on any atom is -0.439 e. The van der Waals surface area contributed by atoms with Crippen molar-refractivity contribution in [3.63, 3.8) is 0 Å². The maximum atomic E-state index is 5.70. The second-order valence-corrected chi connectivity index (χ2v) is 3.55. The van der Waals surface area contributed by atoms with Crippen LogP contribution in [0.25, 0.3) is 10.9 Å². The summed E-state index contributed by atoms with van der Waals surface area (Å²) in [4.78, 5) is 12.3. The Labute approximate surface area is 97.9 Å². The van der Waals surface area contributed by atoms with Gasteiger partial charge in [-0.1, -0.05) is 12.1 Å². The summed E-state index contributed by atoms with van der Waals surface area (Å²) in [6.07, 6.45) is 4.80. The van der Waals surface area contributed by atoms with Crippen LogP contribution in [0.1, 0.15) is 0 Å². The first-order valence-electron chi connectivity index (χ1n) is 5.25. The molecule has 0 bridgehead atoms. The van der Waals surface area contributed by atoms with E-state index in [4.69, 9.17) is 4.74 Å². The summed E-state index contributed by atoms with van der Waals surface area (Å²) in [6, 6.07) is 7.73. The van der Waals surface area contributed by atoms with Gasteiger partial charge in [0.25, 0.3) is 0 Å². The van der Waals surface area contributed by atoms with Crippen LogP contribution in [0, 0.1) is 0 Å². The standard InChI is InChI=1S/C12H10N4O/c1-2-4-11-10(3-1)12(16-8-15-11)17-9-5-13-7-14-6-9/h1-5,7-8H,6H2,(H,13,14). The maximum Gasteiger partial charge on any atom is 0.229 e. The summed E-state index contributed by atoms with van der Waals surface area (Å²) in [6.45, 7) is 0.613. The average molecular weight is 226 g/mol. The molecule has 0 atom stereocenters. The van der Waals surface area contributed by atoms with Gasteiger partial charge in [0.05, 0.1) is 30.0 Å². The van der Waals surface area contributed by atoms with Crippen LogP contribution in [0.15, 0.2) is 47.5 Å². The highest BCUT2D eigenvalue weighted by Gasteiger charge is 2.08. The molecule has 17 heavy (non-hydrogen) atoms. The number of benzene rings is 1. The Morgan fingerprint density at radius 3 is 3.00 bits per heavy atom. The van der Waals surface area contributed by atoms with E-state index in [0.717, 1.165) is 16.7 Å². The van der Waals surface area contributed by atoms with Gasteiger partial charge in [-0.05, 0) is 12.1 Å². The fourth-order valence-electron chi connectivity index (χ4n) is 1.61. The third-order valence-corrected chi connectivity index (χ3v) is 2.39. The molecule has 5 heteroatoms. The minimum atomic E-state index is 0.556. The highest BCUT2D eigenvalue weighted by Crippen LogP contribution is 2.22. The van der Waals surface area contributed by atoms with E-state index >= 15 is 0 Å². The number of nitrogens with one attached hydrogen (secondary N) is 1. The van der Waals surface area contributed by atoms with Crippen LogP contribution in [0.4, 0.5) is 0 Å². The van der Waals surface area contributed by atoms with Crippen LogP contribution >= 0.6 is 0 Å². The second-order valence-electron chi connectivity index (χ2n) is 3.55.